The Morgan fingerprint density at radius 3 is 3.11 bits per heavy atom. The van der Waals surface area contributed by atoms with Crippen LogP contribution >= 0.6 is 11.3 Å². The van der Waals surface area contributed by atoms with Crippen molar-refractivity contribution in [1.29, 1.82) is 0 Å². The van der Waals surface area contributed by atoms with Crippen LogP contribution in [-0.2, 0) is 17.8 Å². The van der Waals surface area contributed by atoms with Gasteiger partial charge in [-0.2, -0.15) is 5.10 Å². The highest BCUT2D eigenvalue weighted by Crippen LogP contribution is 2.10. The van der Waals surface area contributed by atoms with Crippen molar-refractivity contribution in [1.82, 2.24) is 20.1 Å². The molecule has 0 bridgehead atoms. The minimum absolute atomic E-state index is 0.0266. The number of hydrogen-bond donors (Lipinski definition) is 2. The van der Waals surface area contributed by atoms with Gasteiger partial charge in [-0.3, -0.25) is 9.48 Å². The lowest BCUT2D eigenvalue weighted by atomic mass is 10.1. The van der Waals surface area contributed by atoms with Crippen molar-refractivity contribution in [3.63, 3.8) is 0 Å². The smallest absolute Gasteiger partial charge is 0.224 e. The van der Waals surface area contributed by atoms with Crippen LogP contribution in [0.1, 0.15) is 12.6 Å². The Labute approximate surface area is 115 Å². The summed E-state index contributed by atoms with van der Waals surface area (Å²) >= 11 is 1.41. The zero-order valence-electron chi connectivity index (χ0n) is 10.7. The molecule has 1 atom stereocenters. The number of hydrogen-bond acceptors (Lipinski definition) is 5. The average Bonchev–Trinajstić information content (AvgIpc) is 3.01. The first-order chi connectivity index (χ1) is 9.15. The number of amides is 1. The van der Waals surface area contributed by atoms with Crippen molar-refractivity contribution in [2.24, 2.45) is 5.92 Å². The minimum atomic E-state index is -0.111. The molecule has 2 rings (SSSR count). The summed E-state index contributed by atoms with van der Waals surface area (Å²) in [6.07, 6.45) is 4.26. The first kappa shape index (κ1) is 13.5. The zero-order chi connectivity index (χ0) is 13.7. The Morgan fingerprint density at radius 1 is 1.63 bits per heavy atom. The summed E-state index contributed by atoms with van der Waals surface area (Å²) in [6.45, 7) is 3.05. The van der Waals surface area contributed by atoms with E-state index in [-0.39, 0.29) is 11.8 Å². The van der Waals surface area contributed by atoms with Crippen LogP contribution in [-0.4, -0.2) is 27.2 Å². The third-order valence-corrected chi connectivity index (χ3v) is 3.44. The molecule has 2 heterocycles. The van der Waals surface area contributed by atoms with Crippen molar-refractivity contribution in [3.8, 4) is 0 Å². The maximum atomic E-state index is 11.9. The minimum Gasteiger partial charge on any atom is -0.375 e. The van der Waals surface area contributed by atoms with Crippen LogP contribution in [0.15, 0.2) is 23.8 Å². The van der Waals surface area contributed by atoms with Crippen molar-refractivity contribution < 1.29 is 4.79 Å². The third kappa shape index (κ3) is 4.06. The highest BCUT2D eigenvalue weighted by atomic mass is 32.1. The van der Waals surface area contributed by atoms with Crippen LogP contribution < -0.4 is 11.1 Å². The molecule has 0 spiro atoms. The Kier molecular flexibility index (Phi) is 4.51. The summed E-state index contributed by atoms with van der Waals surface area (Å²) in [7, 11) is 0. The molecule has 0 fully saturated rings. The van der Waals surface area contributed by atoms with Gasteiger partial charge in [0.2, 0.25) is 5.91 Å². The van der Waals surface area contributed by atoms with Crippen LogP contribution in [0, 0.1) is 5.92 Å². The molecule has 0 aromatic carbocycles. The predicted molar refractivity (Wildman–Crippen MR) is 74.6 cm³/mol. The van der Waals surface area contributed by atoms with Crippen LogP contribution in [0.25, 0.3) is 0 Å². The molecule has 0 saturated heterocycles. The molecule has 0 radical (unpaired) electrons. The largest absolute Gasteiger partial charge is 0.375 e. The summed E-state index contributed by atoms with van der Waals surface area (Å²) in [5.74, 6) is -0.0842. The molecule has 6 nitrogen and oxygen atoms in total. The summed E-state index contributed by atoms with van der Waals surface area (Å²) < 4.78 is 1.76. The summed E-state index contributed by atoms with van der Waals surface area (Å²) in [4.78, 5) is 16.0. The average molecular weight is 279 g/mol. The van der Waals surface area contributed by atoms with Gasteiger partial charge in [0.05, 0.1) is 18.2 Å². The Hall–Kier alpha value is -1.89. The number of thiazole rings is 1. The number of rotatable bonds is 6. The summed E-state index contributed by atoms with van der Waals surface area (Å²) in [6, 6.07) is 1.84. The molecule has 19 heavy (non-hydrogen) atoms. The van der Waals surface area contributed by atoms with E-state index < -0.39 is 0 Å². The first-order valence-corrected chi connectivity index (χ1v) is 6.98. The number of nitrogens with zero attached hydrogens (tertiary/aromatic N) is 3. The van der Waals surface area contributed by atoms with E-state index in [4.69, 9.17) is 5.73 Å². The van der Waals surface area contributed by atoms with E-state index in [9.17, 15) is 4.79 Å². The van der Waals surface area contributed by atoms with Gasteiger partial charge in [0.1, 0.15) is 0 Å². The second kappa shape index (κ2) is 6.33. The number of nitrogen functional groups attached to an aromatic ring is 1. The van der Waals surface area contributed by atoms with Gasteiger partial charge in [-0.1, -0.05) is 6.92 Å². The summed E-state index contributed by atoms with van der Waals surface area (Å²) in [5, 5.41) is 9.45. The van der Waals surface area contributed by atoms with Crippen LogP contribution in [0.2, 0.25) is 0 Å². The Morgan fingerprint density at radius 2 is 2.47 bits per heavy atom. The second-order valence-corrected chi connectivity index (χ2v) is 5.24. The number of carbonyl (C=O) groups excluding carboxylic acids is 1. The molecule has 0 aliphatic rings. The van der Waals surface area contributed by atoms with E-state index in [0.29, 0.717) is 24.6 Å². The van der Waals surface area contributed by atoms with E-state index in [1.54, 1.807) is 10.9 Å². The normalized spacial score (nSPS) is 12.3. The number of anilines is 1. The second-order valence-electron chi connectivity index (χ2n) is 4.35. The van der Waals surface area contributed by atoms with Gasteiger partial charge < -0.3 is 11.1 Å². The fraction of sp³-hybridized carbons (Fsp3) is 0.417. The maximum Gasteiger partial charge on any atom is 0.224 e. The quantitative estimate of drug-likeness (QED) is 0.823. The summed E-state index contributed by atoms with van der Waals surface area (Å²) in [5.41, 5.74) is 6.46. The van der Waals surface area contributed by atoms with E-state index >= 15 is 0 Å². The number of nitrogens with two attached hydrogens (primary N) is 1. The number of carbonyl (C=O) groups is 1. The van der Waals surface area contributed by atoms with Crippen molar-refractivity contribution in [2.45, 2.75) is 19.9 Å². The van der Waals surface area contributed by atoms with E-state index in [0.717, 1.165) is 5.69 Å². The number of aromatic nitrogens is 3. The Balaban J connectivity index is 1.71. The van der Waals surface area contributed by atoms with Crippen molar-refractivity contribution >= 4 is 22.4 Å². The van der Waals surface area contributed by atoms with Crippen molar-refractivity contribution in [3.05, 3.63) is 29.5 Å². The molecule has 7 heteroatoms. The maximum absolute atomic E-state index is 11.9. The SMILES string of the molecule is C[C@@H](Cn1cccn1)C(=O)NCCc1csc(N)n1. The molecular weight excluding hydrogens is 262 g/mol. The third-order valence-electron chi connectivity index (χ3n) is 2.72. The molecule has 0 aliphatic carbocycles. The highest BCUT2D eigenvalue weighted by molar-refractivity contribution is 7.13. The predicted octanol–water partition coefficient (Wildman–Crippen LogP) is 0.917. The van der Waals surface area contributed by atoms with Crippen molar-refractivity contribution in [2.75, 3.05) is 12.3 Å². The lowest BCUT2D eigenvalue weighted by molar-refractivity contribution is -0.124. The molecule has 2 aromatic heterocycles. The molecular formula is C12H17N5OS. The van der Waals surface area contributed by atoms with Crippen LogP contribution in [0.3, 0.4) is 0 Å². The fourth-order valence-electron chi connectivity index (χ4n) is 1.70. The van der Waals surface area contributed by atoms with Gasteiger partial charge in [-0.05, 0) is 6.07 Å². The molecule has 2 aromatic rings. The topological polar surface area (TPSA) is 85.8 Å². The molecule has 102 valence electrons. The standard InChI is InChI=1S/C12H17N5OS/c1-9(7-17-6-2-4-15-17)11(18)14-5-3-10-8-19-12(13)16-10/h2,4,6,8-9H,3,5,7H2,1H3,(H2,13,16)(H,14,18)/t9-/m0/s1. The monoisotopic (exact) mass is 279 g/mol. The van der Waals surface area contributed by atoms with Gasteiger partial charge in [-0.15, -0.1) is 11.3 Å². The van der Waals surface area contributed by atoms with E-state index in [1.165, 1.54) is 11.3 Å². The lowest BCUT2D eigenvalue weighted by Gasteiger charge is -2.11. The Bertz CT molecular complexity index is 522. The van der Waals surface area contributed by atoms with E-state index in [2.05, 4.69) is 15.4 Å². The van der Waals surface area contributed by atoms with Crippen LogP contribution in [0.5, 0.6) is 0 Å². The van der Waals surface area contributed by atoms with Gasteiger partial charge in [0, 0.05) is 30.7 Å². The molecule has 3 N–H and O–H groups in total. The zero-order valence-corrected chi connectivity index (χ0v) is 11.6. The van der Waals surface area contributed by atoms with Gasteiger partial charge in [0.25, 0.3) is 0 Å². The van der Waals surface area contributed by atoms with Gasteiger partial charge in [-0.25, -0.2) is 4.98 Å². The molecule has 1 amide bonds. The molecule has 0 saturated carbocycles. The van der Waals surface area contributed by atoms with E-state index in [1.807, 2.05) is 24.6 Å². The molecule has 0 unspecified atom stereocenters. The highest BCUT2D eigenvalue weighted by Gasteiger charge is 2.13. The fourth-order valence-corrected chi connectivity index (χ4v) is 2.29. The first-order valence-electron chi connectivity index (χ1n) is 6.10. The van der Waals surface area contributed by atoms with Gasteiger partial charge >= 0.3 is 0 Å². The van der Waals surface area contributed by atoms with Gasteiger partial charge in [0.15, 0.2) is 5.13 Å². The molecule has 0 aliphatic heterocycles. The lowest BCUT2D eigenvalue weighted by Crippen LogP contribution is -2.33. The van der Waals surface area contributed by atoms with Crippen LogP contribution in [0.4, 0.5) is 5.13 Å². The number of nitrogens with one attached hydrogen (secondary N) is 1.